The zero-order valence-electron chi connectivity index (χ0n) is 11.7. The van der Waals surface area contributed by atoms with E-state index in [9.17, 15) is 10.0 Å². The van der Waals surface area contributed by atoms with Crippen LogP contribution < -0.4 is 9.63 Å². The lowest BCUT2D eigenvalue weighted by Crippen LogP contribution is -2.49. The first kappa shape index (κ1) is 13.4. The molecule has 5 nitrogen and oxygen atoms in total. The van der Waals surface area contributed by atoms with Gasteiger partial charge in [-0.15, -0.1) is 0 Å². The van der Waals surface area contributed by atoms with Crippen LogP contribution in [-0.2, 0) is 0 Å². The molecule has 1 aromatic heterocycles. The monoisotopic (exact) mass is 283 g/mol. The molecule has 0 spiro atoms. The van der Waals surface area contributed by atoms with Crippen LogP contribution >= 0.6 is 0 Å². The number of benzene rings is 1. The number of para-hydroxylation sites is 1. The lowest BCUT2D eigenvalue weighted by atomic mass is 10.2. The Morgan fingerprint density at radius 2 is 1.71 bits per heavy atom. The normalized spacial score (nSPS) is 15.0. The van der Waals surface area contributed by atoms with Crippen LogP contribution in [0, 0.1) is 5.21 Å². The summed E-state index contributed by atoms with van der Waals surface area (Å²) < 4.78 is 0.660. The minimum absolute atomic E-state index is 0.0760. The smallest absolute Gasteiger partial charge is 0.260 e. The highest BCUT2D eigenvalue weighted by atomic mass is 16.5. The molecule has 0 N–H and O–H groups in total. The number of piperazine rings is 1. The molecule has 0 unspecified atom stereocenters. The number of carbonyl (C=O) groups excluding carboxylic acids is 1. The van der Waals surface area contributed by atoms with Crippen molar-refractivity contribution in [2.24, 2.45) is 0 Å². The number of pyridine rings is 1. The Hall–Kier alpha value is -2.56. The van der Waals surface area contributed by atoms with Crippen molar-refractivity contribution in [3.05, 3.63) is 65.6 Å². The van der Waals surface area contributed by atoms with Crippen LogP contribution in [0.2, 0.25) is 0 Å². The highest BCUT2D eigenvalue weighted by Gasteiger charge is 2.23. The van der Waals surface area contributed by atoms with Gasteiger partial charge in [0.25, 0.3) is 5.91 Å². The van der Waals surface area contributed by atoms with Gasteiger partial charge in [0, 0.05) is 37.9 Å². The molecule has 1 saturated heterocycles. The van der Waals surface area contributed by atoms with Crippen LogP contribution in [0.15, 0.2) is 54.9 Å². The van der Waals surface area contributed by atoms with E-state index in [1.807, 2.05) is 18.2 Å². The molecule has 2 heterocycles. The van der Waals surface area contributed by atoms with Crippen molar-refractivity contribution in [1.29, 1.82) is 0 Å². The maximum Gasteiger partial charge on any atom is 0.260 e. The maximum atomic E-state index is 12.4. The molecular formula is C16H17N3O2. The molecule has 0 aliphatic carbocycles. The second-order valence-electron chi connectivity index (χ2n) is 5.07. The second-order valence-corrected chi connectivity index (χ2v) is 5.07. The number of rotatable bonds is 2. The van der Waals surface area contributed by atoms with Gasteiger partial charge >= 0.3 is 0 Å². The van der Waals surface area contributed by atoms with E-state index in [1.54, 1.807) is 17.0 Å². The average Bonchev–Trinajstić information content (AvgIpc) is 2.55. The van der Waals surface area contributed by atoms with Gasteiger partial charge in [0.2, 0.25) is 0 Å². The van der Waals surface area contributed by atoms with Gasteiger partial charge < -0.3 is 15.0 Å². The minimum atomic E-state index is -0.0760. The van der Waals surface area contributed by atoms with Crippen molar-refractivity contribution in [3.63, 3.8) is 0 Å². The molecule has 0 atom stereocenters. The standard InChI is InChI=1S/C16H17N3O2/c20-16(14-5-4-8-19(21)13-14)18-11-9-17(10-12-18)15-6-2-1-3-7-15/h1-8,13H,9-12H2. The number of amides is 1. The highest BCUT2D eigenvalue weighted by molar-refractivity contribution is 5.93. The quantitative estimate of drug-likeness (QED) is 0.616. The molecule has 1 aliphatic heterocycles. The van der Waals surface area contributed by atoms with Crippen LogP contribution in [0.1, 0.15) is 10.4 Å². The van der Waals surface area contributed by atoms with E-state index in [2.05, 4.69) is 17.0 Å². The summed E-state index contributed by atoms with van der Waals surface area (Å²) in [4.78, 5) is 16.4. The fraction of sp³-hybridized carbons (Fsp3) is 0.250. The van der Waals surface area contributed by atoms with Gasteiger partial charge in [-0.1, -0.05) is 18.2 Å². The Morgan fingerprint density at radius 3 is 2.38 bits per heavy atom. The van der Waals surface area contributed by atoms with Gasteiger partial charge in [0.15, 0.2) is 12.4 Å². The van der Waals surface area contributed by atoms with E-state index >= 15 is 0 Å². The lowest BCUT2D eigenvalue weighted by Gasteiger charge is -2.36. The van der Waals surface area contributed by atoms with Crippen molar-refractivity contribution in [2.75, 3.05) is 31.1 Å². The Balaban J connectivity index is 1.64. The first-order chi connectivity index (χ1) is 10.2. The molecule has 0 bridgehead atoms. The van der Waals surface area contributed by atoms with Gasteiger partial charge in [0.05, 0.1) is 0 Å². The van der Waals surface area contributed by atoms with Gasteiger partial charge in [-0.25, -0.2) is 0 Å². The van der Waals surface area contributed by atoms with Gasteiger partial charge in [-0.3, -0.25) is 4.79 Å². The van der Waals surface area contributed by atoms with Crippen molar-refractivity contribution in [2.45, 2.75) is 0 Å². The highest BCUT2D eigenvalue weighted by Crippen LogP contribution is 2.16. The summed E-state index contributed by atoms with van der Waals surface area (Å²) >= 11 is 0. The SMILES string of the molecule is O=C(c1ccc[n+]([O-])c1)N1CCN(c2ccccc2)CC1. The summed E-state index contributed by atoms with van der Waals surface area (Å²) in [5.41, 5.74) is 1.63. The average molecular weight is 283 g/mol. The predicted octanol–water partition coefficient (Wildman–Crippen LogP) is 1.28. The lowest BCUT2D eigenvalue weighted by molar-refractivity contribution is -0.605. The number of nitrogens with zero attached hydrogens (tertiary/aromatic N) is 3. The zero-order valence-corrected chi connectivity index (χ0v) is 11.7. The Bertz CT molecular complexity index is 622. The van der Waals surface area contributed by atoms with Crippen molar-refractivity contribution in [3.8, 4) is 0 Å². The third-order valence-corrected chi connectivity index (χ3v) is 3.71. The van der Waals surface area contributed by atoms with E-state index in [0.29, 0.717) is 23.4 Å². The minimum Gasteiger partial charge on any atom is -0.619 e. The third kappa shape index (κ3) is 2.97. The molecule has 1 fully saturated rings. The largest absolute Gasteiger partial charge is 0.619 e. The third-order valence-electron chi connectivity index (χ3n) is 3.71. The van der Waals surface area contributed by atoms with Gasteiger partial charge in [-0.2, -0.15) is 4.73 Å². The molecule has 1 amide bonds. The topological polar surface area (TPSA) is 50.5 Å². The summed E-state index contributed by atoms with van der Waals surface area (Å²) in [5.74, 6) is -0.0760. The molecule has 3 rings (SSSR count). The molecule has 0 saturated carbocycles. The number of carbonyl (C=O) groups is 1. The van der Waals surface area contributed by atoms with Crippen LogP contribution in [0.4, 0.5) is 5.69 Å². The number of hydrogen-bond acceptors (Lipinski definition) is 3. The van der Waals surface area contributed by atoms with Crippen LogP contribution in [0.3, 0.4) is 0 Å². The fourth-order valence-corrected chi connectivity index (χ4v) is 2.57. The Labute approximate surface area is 123 Å². The van der Waals surface area contributed by atoms with Crippen molar-refractivity contribution < 1.29 is 9.52 Å². The molecule has 2 aromatic rings. The molecule has 108 valence electrons. The van der Waals surface area contributed by atoms with E-state index in [1.165, 1.54) is 18.1 Å². The Kier molecular flexibility index (Phi) is 3.73. The Morgan fingerprint density at radius 1 is 1.00 bits per heavy atom. The van der Waals surface area contributed by atoms with E-state index in [4.69, 9.17) is 0 Å². The summed E-state index contributed by atoms with van der Waals surface area (Å²) in [6.07, 6.45) is 2.70. The number of hydrogen-bond donors (Lipinski definition) is 0. The van der Waals surface area contributed by atoms with Crippen molar-refractivity contribution >= 4 is 11.6 Å². The molecule has 21 heavy (non-hydrogen) atoms. The summed E-state index contributed by atoms with van der Waals surface area (Å²) in [6.45, 7) is 2.95. The van der Waals surface area contributed by atoms with Crippen LogP contribution in [0.25, 0.3) is 0 Å². The number of anilines is 1. The van der Waals surface area contributed by atoms with Crippen LogP contribution in [-0.4, -0.2) is 37.0 Å². The van der Waals surface area contributed by atoms with Gasteiger partial charge in [0.1, 0.15) is 5.56 Å². The van der Waals surface area contributed by atoms with Crippen molar-refractivity contribution in [1.82, 2.24) is 4.90 Å². The first-order valence-electron chi connectivity index (χ1n) is 7.02. The van der Waals surface area contributed by atoms with E-state index < -0.39 is 0 Å². The van der Waals surface area contributed by atoms with Gasteiger partial charge in [-0.05, 0) is 18.2 Å². The summed E-state index contributed by atoms with van der Waals surface area (Å²) in [5, 5.41) is 11.3. The second kappa shape index (κ2) is 5.83. The van der Waals surface area contributed by atoms with E-state index in [-0.39, 0.29) is 5.91 Å². The first-order valence-corrected chi connectivity index (χ1v) is 7.02. The molecular weight excluding hydrogens is 266 g/mol. The zero-order chi connectivity index (χ0) is 14.7. The molecule has 0 radical (unpaired) electrons. The maximum absolute atomic E-state index is 12.4. The fourth-order valence-electron chi connectivity index (χ4n) is 2.57. The van der Waals surface area contributed by atoms with Crippen LogP contribution in [0.5, 0.6) is 0 Å². The molecule has 5 heteroatoms. The molecule has 1 aromatic carbocycles. The summed E-state index contributed by atoms with van der Waals surface area (Å²) in [7, 11) is 0. The predicted molar refractivity (Wildman–Crippen MR) is 80.0 cm³/mol. The summed E-state index contributed by atoms with van der Waals surface area (Å²) in [6, 6.07) is 13.5. The van der Waals surface area contributed by atoms with E-state index in [0.717, 1.165) is 13.1 Å². The molecule has 1 aliphatic rings. The number of aromatic nitrogens is 1.